The van der Waals surface area contributed by atoms with E-state index in [-0.39, 0.29) is 0 Å². The maximum absolute atomic E-state index is 4.62. The fourth-order valence-electron chi connectivity index (χ4n) is 2.28. The van der Waals surface area contributed by atoms with Gasteiger partial charge < -0.3 is 9.88 Å². The van der Waals surface area contributed by atoms with Crippen LogP contribution in [0.15, 0.2) is 12.5 Å². The Bertz CT molecular complexity index is 558. The average Bonchev–Trinajstić information content (AvgIpc) is 2.95. The third-order valence-electron chi connectivity index (χ3n) is 3.10. The Balaban J connectivity index is 2.12. The van der Waals surface area contributed by atoms with Crippen molar-refractivity contribution in [3.63, 3.8) is 0 Å². The second-order valence-corrected chi connectivity index (χ2v) is 4.35. The topological polar surface area (TPSA) is 55.6 Å². The number of aryl methyl sites for hydroxylation is 2. The number of hydrogen-bond donors (Lipinski definition) is 1. The normalized spacial score (nSPS) is 13.8. The van der Waals surface area contributed by atoms with Crippen LogP contribution in [0.1, 0.15) is 17.7 Å². The highest BCUT2D eigenvalue weighted by Crippen LogP contribution is 2.28. The first-order chi connectivity index (χ1) is 8.28. The molecule has 0 fully saturated rings. The molecule has 2 aromatic heterocycles. The molecule has 0 radical (unpaired) electrons. The lowest BCUT2D eigenvalue weighted by atomic mass is 10.2. The van der Waals surface area contributed by atoms with Gasteiger partial charge in [0.25, 0.3) is 0 Å². The smallest absolute Gasteiger partial charge is 0.182 e. The zero-order valence-electron chi connectivity index (χ0n) is 10.1. The minimum atomic E-state index is 0.718. The molecule has 0 aromatic carbocycles. The molecule has 17 heavy (non-hydrogen) atoms. The van der Waals surface area contributed by atoms with Crippen molar-refractivity contribution in [3.8, 4) is 11.5 Å². The lowest BCUT2D eigenvalue weighted by Crippen LogP contribution is -2.03. The predicted molar refractivity (Wildman–Crippen MR) is 65.8 cm³/mol. The number of fused-ring (bicyclic) bond motifs is 1. The Morgan fingerprint density at radius 2 is 2.18 bits per heavy atom. The van der Waals surface area contributed by atoms with Crippen molar-refractivity contribution in [2.75, 3.05) is 12.4 Å². The van der Waals surface area contributed by atoms with Gasteiger partial charge in [0.1, 0.15) is 11.5 Å². The van der Waals surface area contributed by atoms with Crippen molar-refractivity contribution in [1.82, 2.24) is 19.5 Å². The molecule has 2 aromatic rings. The van der Waals surface area contributed by atoms with E-state index in [1.807, 2.05) is 24.9 Å². The van der Waals surface area contributed by atoms with Crippen LogP contribution >= 0.6 is 0 Å². The molecule has 5 nitrogen and oxygen atoms in total. The van der Waals surface area contributed by atoms with E-state index in [1.54, 1.807) is 6.33 Å². The highest BCUT2D eigenvalue weighted by atomic mass is 15.1. The number of anilines is 1. The Morgan fingerprint density at radius 3 is 2.88 bits per heavy atom. The Kier molecular flexibility index (Phi) is 2.31. The second-order valence-electron chi connectivity index (χ2n) is 4.35. The molecular weight excluding hydrogens is 214 g/mol. The number of imidazole rings is 1. The fourth-order valence-corrected chi connectivity index (χ4v) is 2.28. The number of rotatable bonds is 2. The SMILES string of the molecule is CNc1nc(-c2cn(C)cn2)nc2c1CCC2. The number of nitrogens with one attached hydrogen (secondary N) is 1. The van der Waals surface area contributed by atoms with Crippen molar-refractivity contribution in [1.29, 1.82) is 0 Å². The molecule has 0 unspecified atom stereocenters. The van der Waals surface area contributed by atoms with E-state index in [0.29, 0.717) is 0 Å². The second kappa shape index (κ2) is 3.84. The number of aromatic nitrogens is 4. The van der Waals surface area contributed by atoms with Crippen LogP contribution in [0, 0.1) is 0 Å². The molecule has 0 bridgehead atoms. The van der Waals surface area contributed by atoms with E-state index >= 15 is 0 Å². The fraction of sp³-hybridized carbons (Fsp3) is 0.417. The van der Waals surface area contributed by atoms with Gasteiger partial charge in [0.15, 0.2) is 5.82 Å². The predicted octanol–water partition coefficient (Wildman–Crippen LogP) is 1.41. The van der Waals surface area contributed by atoms with Crippen molar-refractivity contribution in [2.45, 2.75) is 19.3 Å². The van der Waals surface area contributed by atoms with Crippen LogP contribution in [0.3, 0.4) is 0 Å². The van der Waals surface area contributed by atoms with Gasteiger partial charge >= 0.3 is 0 Å². The Morgan fingerprint density at radius 1 is 1.29 bits per heavy atom. The summed E-state index contributed by atoms with van der Waals surface area (Å²) >= 11 is 0. The number of hydrogen-bond acceptors (Lipinski definition) is 4. The third-order valence-corrected chi connectivity index (χ3v) is 3.10. The van der Waals surface area contributed by atoms with E-state index < -0.39 is 0 Å². The summed E-state index contributed by atoms with van der Waals surface area (Å²) < 4.78 is 1.91. The van der Waals surface area contributed by atoms with Crippen LogP contribution in [0.2, 0.25) is 0 Å². The third kappa shape index (κ3) is 1.67. The summed E-state index contributed by atoms with van der Waals surface area (Å²) in [4.78, 5) is 13.5. The molecular formula is C12H15N5. The highest BCUT2D eigenvalue weighted by Gasteiger charge is 2.19. The zero-order valence-corrected chi connectivity index (χ0v) is 10.1. The average molecular weight is 229 g/mol. The molecule has 88 valence electrons. The van der Waals surface area contributed by atoms with Crippen molar-refractivity contribution in [3.05, 3.63) is 23.8 Å². The summed E-state index contributed by atoms with van der Waals surface area (Å²) in [5, 5.41) is 3.16. The van der Waals surface area contributed by atoms with Crippen LogP contribution in [-0.4, -0.2) is 26.6 Å². The van der Waals surface area contributed by atoms with Gasteiger partial charge in [-0.15, -0.1) is 0 Å². The summed E-state index contributed by atoms with van der Waals surface area (Å²) in [6, 6.07) is 0. The van der Waals surface area contributed by atoms with Gasteiger partial charge in [-0.1, -0.05) is 0 Å². The minimum absolute atomic E-state index is 0.718. The van der Waals surface area contributed by atoms with Gasteiger partial charge in [0, 0.05) is 31.5 Å². The Labute approximate surface area is 99.9 Å². The molecule has 0 atom stereocenters. The molecule has 2 heterocycles. The maximum atomic E-state index is 4.62. The lowest BCUT2D eigenvalue weighted by molar-refractivity contribution is 0.899. The molecule has 1 aliphatic rings. The van der Waals surface area contributed by atoms with Crippen LogP contribution in [0.5, 0.6) is 0 Å². The van der Waals surface area contributed by atoms with Gasteiger partial charge in [-0.3, -0.25) is 0 Å². The largest absolute Gasteiger partial charge is 0.373 e. The van der Waals surface area contributed by atoms with Gasteiger partial charge in [-0.05, 0) is 19.3 Å². The monoisotopic (exact) mass is 229 g/mol. The Hall–Kier alpha value is -1.91. The van der Waals surface area contributed by atoms with Crippen molar-refractivity contribution in [2.24, 2.45) is 7.05 Å². The van der Waals surface area contributed by atoms with Gasteiger partial charge in [0.2, 0.25) is 0 Å². The molecule has 0 spiro atoms. The van der Waals surface area contributed by atoms with Crippen LogP contribution in [0.4, 0.5) is 5.82 Å². The molecule has 1 aliphatic carbocycles. The standard InChI is InChI=1S/C12H15N5/c1-13-11-8-4-3-5-9(8)15-12(16-11)10-6-17(2)7-14-10/h6-7H,3-5H2,1-2H3,(H,13,15,16). The van der Waals surface area contributed by atoms with Gasteiger partial charge in [0.05, 0.1) is 6.33 Å². The van der Waals surface area contributed by atoms with Gasteiger partial charge in [-0.2, -0.15) is 0 Å². The molecule has 1 N–H and O–H groups in total. The summed E-state index contributed by atoms with van der Waals surface area (Å²) in [7, 11) is 3.85. The maximum Gasteiger partial charge on any atom is 0.182 e. The summed E-state index contributed by atoms with van der Waals surface area (Å²) in [6.07, 6.45) is 7.01. The lowest BCUT2D eigenvalue weighted by Gasteiger charge is -2.07. The van der Waals surface area contributed by atoms with Crippen LogP contribution < -0.4 is 5.32 Å². The van der Waals surface area contributed by atoms with Crippen LogP contribution in [0.25, 0.3) is 11.5 Å². The molecule has 5 heteroatoms. The first-order valence-electron chi connectivity index (χ1n) is 5.84. The van der Waals surface area contributed by atoms with E-state index in [4.69, 9.17) is 0 Å². The first kappa shape index (κ1) is 10.3. The summed E-state index contributed by atoms with van der Waals surface area (Å²) in [5.74, 6) is 1.67. The van der Waals surface area contributed by atoms with E-state index in [1.165, 1.54) is 17.7 Å². The zero-order chi connectivity index (χ0) is 11.8. The van der Waals surface area contributed by atoms with Crippen molar-refractivity contribution >= 4 is 5.82 Å². The molecule has 3 rings (SSSR count). The number of nitrogens with zero attached hydrogens (tertiary/aromatic N) is 4. The molecule has 0 saturated carbocycles. The molecule has 0 saturated heterocycles. The first-order valence-corrected chi connectivity index (χ1v) is 5.84. The van der Waals surface area contributed by atoms with Gasteiger partial charge in [-0.25, -0.2) is 15.0 Å². The molecule has 0 aliphatic heterocycles. The van der Waals surface area contributed by atoms with E-state index in [2.05, 4.69) is 20.3 Å². The summed E-state index contributed by atoms with van der Waals surface area (Å²) in [5.41, 5.74) is 3.27. The minimum Gasteiger partial charge on any atom is -0.373 e. The quantitative estimate of drug-likeness (QED) is 0.846. The van der Waals surface area contributed by atoms with Crippen LogP contribution in [-0.2, 0) is 19.9 Å². The highest BCUT2D eigenvalue weighted by molar-refractivity contribution is 5.57. The molecule has 0 amide bonds. The van der Waals surface area contributed by atoms with E-state index in [9.17, 15) is 0 Å². The van der Waals surface area contributed by atoms with E-state index in [0.717, 1.165) is 30.2 Å². The van der Waals surface area contributed by atoms with Crippen molar-refractivity contribution < 1.29 is 0 Å². The summed E-state index contributed by atoms with van der Waals surface area (Å²) in [6.45, 7) is 0.